The predicted octanol–water partition coefficient (Wildman–Crippen LogP) is 2.46. The van der Waals surface area contributed by atoms with Gasteiger partial charge in [0.25, 0.3) is 0 Å². The van der Waals surface area contributed by atoms with E-state index in [1.54, 1.807) is 0 Å². The summed E-state index contributed by atoms with van der Waals surface area (Å²) in [7, 11) is 0. The van der Waals surface area contributed by atoms with Crippen LogP contribution in [0.15, 0.2) is 0 Å². The predicted molar refractivity (Wildman–Crippen MR) is 40.5 cm³/mol. The minimum atomic E-state index is 0. The second kappa shape index (κ2) is 2.70. The standard InChI is InChI=1S/C7H14O.CH4/c1-7(2,3)4-6-5-8-6;/h6H,4-5H2,1-3H3;1H4. The summed E-state index contributed by atoms with van der Waals surface area (Å²) in [5.74, 6) is 0. The lowest BCUT2D eigenvalue weighted by atomic mass is 9.91. The topological polar surface area (TPSA) is 12.5 Å². The fourth-order valence-electron chi connectivity index (χ4n) is 0.869. The second-order valence-corrected chi connectivity index (χ2v) is 3.72. The molecule has 0 aromatic heterocycles. The molecule has 0 spiro atoms. The maximum absolute atomic E-state index is 5.08. The van der Waals surface area contributed by atoms with Crippen LogP contribution in [0.1, 0.15) is 34.6 Å². The van der Waals surface area contributed by atoms with Gasteiger partial charge in [0.2, 0.25) is 0 Å². The van der Waals surface area contributed by atoms with E-state index in [4.69, 9.17) is 4.74 Å². The summed E-state index contributed by atoms with van der Waals surface area (Å²) in [6, 6.07) is 0. The average Bonchev–Trinajstić information content (AvgIpc) is 2.12. The van der Waals surface area contributed by atoms with E-state index in [1.165, 1.54) is 6.42 Å². The first-order valence-electron chi connectivity index (χ1n) is 3.19. The number of epoxide rings is 1. The summed E-state index contributed by atoms with van der Waals surface area (Å²) in [4.78, 5) is 0. The molecule has 1 fully saturated rings. The van der Waals surface area contributed by atoms with Crippen LogP contribution in [0.4, 0.5) is 0 Å². The van der Waals surface area contributed by atoms with Crippen LogP contribution in [-0.2, 0) is 4.74 Å². The third-order valence-electron chi connectivity index (χ3n) is 1.24. The summed E-state index contributed by atoms with van der Waals surface area (Å²) in [6.45, 7) is 7.73. The van der Waals surface area contributed by atoms with Gasteiger partial charge in [0.05, 0.1) is 12.7 Å². The SMILES string of the molecule is C.CC(C)(C)CC1CO1. The molecule has 0 saturated carbocycles. The molecule has 1 atom stereocenters. The van der Waals surface area contributed by atoms with Crippen molar-refractivity contribution in [2.75, 3.05) is 6.61 Å². The zero-order valence-corrected chi connectivity index (χ0v) is 5.90. The average molecular weight is 130 g/mol. The number of hydrogen-bond donors (Lipinski definition) is 0. The van der Waals surface area contributed by atoms with Crippen molar-refractivity contribution in [3.63, 3.8) is 0 Å². The fourth-order valence-corrected chi connectivity index (χ4v) is 0.869. The van der Waals surface area contributed by atoms with E-state index in [2.05, 4.69) is 20.8 Å². The van der Waals surface area contributed by atoms with Crippen LogP contribution in [0.5, 0.6) is 0 Å². The third kappa shape index (κ3) is 4.46. The molecule has 0 amide bonds. The molecular weight excluding hydrogens is 112 g/mol. The minimum Gasteiger partial charge on any atom is -0.373 e. The van der Waals surface area contributed by atoms with Gasteiger partial charge in [0.1, 0.15) is 0 Å². The number of hydrogen-bond acceptors (Lipinski definition) is 1. The normalized spacial score (nSPS) is 25.0. The molecule has 1 saturated heterocycles. The van der Waals surface area contributed by atoms with Gasteiger partial charge in [0, 0.05) is 0 Å². The lowest BCUT2D eigenvalue weighted by Gasteiger charge is -2.15. The molecule has 1 aliphatic rings. The van der Waals surface area contributed by atoms with Crippen molar-refractivity contribution in [3.8, 4) is 0 Å². The van der Waals surface area contributed by atoms with E-state index in [-0.39, 0.29) is 7.43 Å². The Labute approximate surface area is 58.4 Å². The molecular formula is C8H18O. The van der Waals surface area contributed by atoms with E-state index >= 15 is 0 Å². The lowest BCUT2D eigenvalue weighted by molar-refractivity contribution is 0.300. The fraction of sp³-hybridized carbons (Fsp3) is 1.00. The Kier molecular flexibility index (Phi) is 2.68. The van der Waals surface area contributed by atoms with Crippen molar-refractivity contribution >= 4 is 0 Å². The van der Waals surface area contributed by atoms with Crippen molar-refractivity contribution in [2.45, 2.75) is 40.7 Å². The van der Waals surface area contributed by atoms with Crippen LogP contribution < -0.4 is 0 Å². The van der Waals surface area contributed by atoms with Gasteiger partial charge in [-0.1, -0.05) is 28.2 Å². The quantitative estimate of drug-likeness (QED) is 0.497. The molecule has 0 radical (unpaired) electrons. The van der Waals surface area contributed by atoms with Gasteiger partial charge >= 0.3 is 0 Å². The number of rotatable bonds is 1. The highest BCUT2D eigenvalue weighted by molar-refractivity contribution is 4.76. The van der Waals surface area contributed by atoms with Crippen LogP contribution >= 0.6 is 0 Å². The van der Waals surface area contributed by atoms with Gasteiger partial charge in [-0.3, -0.25) is 0 Å². The van der Waals surface area contributed by atoms with Crippen molar-refractivity contribution < 1.29 is 4.74 Å². The molecule has 1 rings (SSSR count). The number of ether oxygens (including phenoxy) is 1. The van der Waals surface area contributed by atoms with Gasteiger partial charge in [-0.2, -0.15) is 0 Å². The van der Waals surface area contributed by atoms with Gasteiger partial charge in [-0.05, 0) is 11.8 Å². The van der Waals surface area contributed by atoms with E-state index in [9.17, 15) is 0 Å². The highest BCUT2D eigenvalue weighted by atomic mass is 16.6. The molecule has 0 bridgehead atoms. The van der Waals surface area contributed by atoms with E-state index < -0.39 is 0 Å². The lowest BCUT2D eigenvalue weighted by Crippen LogP contribution is -2.07. The molecule has 9 heavy (non-hydrogen) atoms. The maximum Gasteiger partial charge on any atom is 0.0814 e. The van der Waals surface area contributed by atoms with Crippen molar-refractivity contribution in [1.82, 2.24) is 0 Å². The summed E-state index contributed by atoms with van der Waals surface area (Å²) in [6.07, 6.45) is 1.81. The molecule has 1 heterocycles. The van der Waals surface area contributed by atoms with Gasteiger partial charge in [-0.25, -0.2) is 0 Å². The summed E-state index contributed by atoms with van der Waals surface area (Å²) < 4.78 is 5.08. The molecule has 1 aliphatic heterocycles. The monoisotopic (exact) mass is 130 g/mol. The van der Waals surface area contributed by atoms with E-state index in [0.29, 0.717) is 11.5 Å². The minimum absolute atomic E-state index is 0. The van der Waals surface area contributed by atoms with Crippen LogP contribution in [0.25, 0.3) is 0 Å². The first-order valence-corrected chi connectivity index (χ1v) is 3.19. The molecule has 56 valence electrons. The molecule has 0 N–H and O–H groups in total. The zero-order valence-electron chi connectivity index (χ0n) is 5.90. The zero-order chi connectivity index (χ0) is 6.20. The summed E-state index contributed by atoms with van der Waals surface area (Å²) >= 11 is 0. The van der Waals surface area contributed by atoms with Crippen LogP contribution in [-0.4, -0.2) is 12.7 Å². The Bertz CT molecular complexity index is 77.1. The smallest absolute Gasteiger partial charge is 0.0814 e. The Morgan fingerprint density at radius 3 is 2.00 bits per heavy atom. The van der Waals surface area contributed by atoms with Gasteiger partial charge < -0.3 is 4.74 Å². The Morgan fingerprint density at radius 1 is 1.44 bits per heavy atom. The molecule has 1 heteroatoms. The molecule has 0 aromatic rings. The first-order chi connectivity index (χ1) is 3.58. The Hall–Kier alpha value is -0.0400. The highest BCUT2D eigenvalue weighted by Gasteiger charge is 2.27. The van der Waals surface area contributed by atoms with E-state index in [1.807, 2.05) is 0 Å². The van der Waals surface area contributed by atoms with Crippen molar-refractivity contribution in [2.24, 2.45) is 5.41 Å². The Morgan fingerprint density at radius 2 is 1.89 bits per heavy atom. The second-order valence-electron chi connectivity index (χ2n) is 3.72. The van der Waals surface area contributed by atoms with Gasteiger partial charge in [-0.15, -0.1) is 0 Å². The first kappa shape index (κ1) is 8.96. The highest BCUT2D eigenvalue weighted by Crippen LogP contribution is 2.27. The van der Waals surface area contributed by atoms with Crippen molar-refractivity contribution in [1.29, 1.82) is 0 Å². The molecule has 1 unspecified atom stereocenters. The van der Waals surface area contributed by atoms with Crippen LogP contribution in [0, 0.1) is 5.41 Å². The molecule has 1 nitrogen and oxygen atoms in total. The summed E-state index contributed by atoms with van der Waals surface area (Å²) in [5.41, 5.74) is 0.459. The molecule has 0 aromatic carbocycles. The summed E-state index contributed by atoms with van der Waals surface area (Å²) in [5, 5.41) is 0. The van der Waals surface area contributed by atoms with E-state index in [0.717, 1.165) is 6.61 Å². The largest absolute Gasteiger partial charge is 0.373 e. The molecule has 0 aliphatic carbocycles. The Balaban J connectivity index is 0.000000640. The van der Waals surface area contributed by atoms with Crippen molar-refractivity contribution in [3.05, 3.63) is 0 Å². The van der Waals surface area contributed by atoms with Crippen LogP contribution in [0.3, 0.4) is 0 Å². The van der Waals surface area contributed by atoms with Crippen LogP contribution in [0.2, 0.25) is 0 Å². The van der Waals surface area contributed by atoms with Gasteiger partial charge in [0.15, 0.2) is 0 Å². The third-order valence-corrected chi connectivity index (χ3v) is 1.24. The maximum atomic E-state index is 5.08.